The van der Waals surface area contributed by atoms with Crippen molar-refractivity contribution in [1.29, 1.82) is 0 Å². The number of nitrogens with zero attached hydrogens (tertiary/aromatic N) is 1. The molecule has 0 saturated carbocycles. The summed E-state index contributed by atoms with van der Waals surface area (Å²) in [7, 11) is 0. The molecule has 0 aliphatic heterocycles. The molecule has 0 rings (SSSR count). The van der Waals surface area contributed by atoms with Crippen LogP contribution in [0.2, 0.25) is 0 Å². The Morgan fingerprint density at radius 3 is 2.19 bits per heavy atom. The minimum absolute atomic E-state index is 0.177. The third kappa shape index (κ3) is 6.61. The van der Waals surface area contributed by atoms with Gasteiger partial charge in [0.05, 0.1) is 0 Å². The Labute approximate surface area is 104 Å². The van der Waals surface area contributed by atoms with E-state index in [0.29, 0.717) is 18.1 Å². The minimum atomic E-state index is 0.177. The van der Waals surface area contributed by atoms with Gasteiger partial charge in [0.25, 0.3) is 0 Å². The van der Waals surface area contributed by atoms with Gasteiger partial charge < -0.3 is 15.5 Å². The van der Waals surface area contributed by atoms with Crippen molar-refractivity contribution in [2.45, 2.75) is 33.6 Å². The van der Waals surface area contributed by atoms with Crippen LogP contribution in [0.5, 0.6) is 0 Å². The van der Waals surface area contributed by atoms with Gasteiger partial charge in [-0.3, -0.25) is 4.79 Å². The lowest BCUT2D eigenvalue weighted by atomic mass is 10.3. The molecule has 4 nitrogen and oxygen atoms in total. The Hall–Kier alpha value is -0.840. The van der Waals surface area contributed by atoms with Crippen LogP contribution in [0.3, 0.4) is 0 Å². The van der Waals surface area contributed by atoms with Crippen molar-refractivity contribution in [2.24, 2.45) is 0 Å². The molecule has 1 amide bonds. The Morgan fingerprint density at radius 1 is 1.12 bits per heavy atom. The third-order valence-corrected chi connectivity index (χ3v) is 2.56. The first-order valence-corrected chi connectivity index (χ1v) is 6.35. The summed E-state index contributed by atoms with van der Waals surface area (Å²) in [5, 5.41) is 6.72. The number of carbonyl (C=O) groups excluding carboxylic acids is 1. The smallest absolute Gasteiger partial charge is 0.224 e. The van der Waals surface area contributed by atoms with Crippen molar-refractivity contribution in [3.63, 3.8) is 0 Å². The largest absolute Gasteiger partial charge is 0.363 e. The van der Waals surface area contributed by atoms with Gasteiger partial charge in [-0.05, 0) is 32.5 Å². The molecule has 0 atom stereocenters. The molecule has 0 unspecified atom stereocenters. The van der Waals surface area contributed by atoms with Gasteiger partial charge in [-0.25, -0.2) is 0 Å². The van der Waals surface area contributed by atoms with E-state index >= 15 is 0 Å². The predicted molar refractivity (Wildman–Crippen MR) is 71.4 cm³/mol. The molecule has 0 aromatic heterocycles. The highest BCUT2D eigenvalue weighted by Crippen LogP contribution is 1.92. The molecule has 94 valence electrons. The number of carbonyl (C=O) groups is 1. The Kier molecular flexibility index (Phi) is 8.90. The van der Waals surface area contributed by atoms with Crippen molar-refractivity contribution in [3.05, 3.63) is 0 Å². The normalized spacial score (nSPS) is 9.69. The van der Waals surface area contributed by atoms with Gasteiger partial charge in [-0.2, -0.15) is 0 Å². The van der Waals surface area contributed by atoms with Gasteiger partial charge in [0, 0.05) is 32.6 Å². The molecule has 0 heterocycles. The van der Waals surface area contributed by atoms with Crippen LogP contribution in [0.4, 0.5) is 0 Å². The first-order valence-electron chi connectivity index (χ1n) is 5.95. The number of hydrogen-bond acceptors (Lipinski definition) is 2. The zero-order valence-electron chi connectivity index (χ0n) is 10.5. The molecule has 0 aromatic carbocycles. The summed E-state index contributed by atoms with van der Waals surface area (Å²) in [5.41, 5.74) is 0. The fraction of sp³-hybridized carbons (Fsp3) is 0.818. The maximum Gasteiger partial charge on any atom is 0.224 e. The lowest BCUT2D eigenvalue weighted by molar-refractivity contribution is -0.130. The van der Waals surface area contributed by atoms with Crippen LogP contribution in [0.1, 0.15) is 33.6 Å². The monoisotopic (exact) mass is 245 g/mol. The van der Waals surface area contributed by atoms with E-state index in [4.69, 9.17) is 12.2 Å². The minimum Gasteiger partial charge on any atom is -0.363 e. The number of thiocarbonyl (C=S) groups is 1. The second-order valence-electron chi connectivity index (χ2n) is 3.50. The summed E-state index contributed by atoms with van der Waals surface area (Å²) in [6, 6.07) is 0. The number of hydrogen-bond donors (Lipinski definition) is 2. The second kappa shape index (κ2) is 9.39. The quantitative estimate of drug-likeness (QED) is 0.660. The first kappa shape index (κ1) is 15.2. The molecule has 0 radical (unpaired) electrons. The topological polar surface area (TPSA) is 44.4 Å². The van der Waals surface area contributed by atoms with E-state index in [9.17, 15) is 4.79 Å². The average molecular weight is 245 g/mol. The molecule has 16 heavy (non-hydrogen) atoms. The maximum absolute atomic E-state index is 11.6. The molecule has 0 saturated heterocycles. The molecule has 0 spiro atoms. The maximum atomic E-state index is 11.6. The van der Waals surface area contributed by atoms with Crippen molar-refractivity contribution in [2.75, 3.05) is 26.2 Å². The van der Waals surface area contributed by atoms with Crippen LogP contribution >= 0.6 is 12.2 Å². The second-order valence-corrected chi connectivity index (χ2v) is 3.91. The molecule has 0 fully saturated rings. The predicted octanol–water partition coefficient (Wildman–Crippen LogP) is 1.12. The molecule has 0 aliphatic rings. The van der Waals surface area contributed by atoms with E-state index in [0.717, 1.165) is 26.1 Å². The Balaban J connectivity index is 3.64. The van der Waals surface area contributed by atoms with Crippen molar-refractivity contribution >= 4 is 23.2 Å². The summed E-state index contributed by atoms with van der Waals surface area (Å²) in [6.45, 7) is 9.08. The van der Waals surface area contributed by atoms with Crippen molar-refractivity contribution in [1.82, 2.24) is 15.5 Å². The van der Waals surface area contributed by atoms with Gasteiger partial charge in [0.1, 0.15) is 0 Å². The van der Waals surface area contributed by atoms with Gasteiger partial charge in [-0.15, -0.1) is 0 Å². The molecule has 5 heteroatoms. The molecular formula is C11H23N3OS. The van der Waals surface area contributed by atoms with E-state index < -0.39 is 0 Å². The van der Waals surface area contributed by atoms with Crippen LogP contribution in [0.15, 0.2) is 0 Å². The SMILES string of the molecule is CCCNC(=S)NCCC(=O)N(CC)CC. The highest BCUT2D eigenvalue weighted by molar-refractivity contribution is 7.80. The standard InChI is InChI=1S/C11H23N3OS/c1-4-8-12-11(16)13-9-7-10(15)14(5-2)6-3/h4-9H2,1-3H3,(H2,12,13,16). The number of nitrogens with one attached hydrogen (secondary N) is 2. The number of amides is 1. The molecular weight excluding hydrogens is 222 g/mol. The Bertz CT molecular complexity index is 217. The molecule has 0 bridgehead atoms. The highest BCUT2D eigenvalue weighted by atomic mass is 32.1. The van der Waals surface area contributed by atoms with E-state index in [-0.39, 0.29) is 5.91 Å². The highest BCUT2D eigenvalue weighted by Gasteiger charge is 2.08. The molecule has 2 N–H and O–H groups in total. The van der Waals surface area contributed by atoms with E-state index in [1.807, 2.05) is 18.7 Å². The zero-order valence-corrected chi connectivity index (χ0v) is 11.3. The summed E-state index contributed by atoms with van der Waals surface area (Å²) >= 11 is 5.05. The van der Waals surface area contributed by atoms with E-state index in [1.54, 1.807) is 0 Å². The van der Waals surface area contributed by atoms with Gasteiger partial charge in [0.2, 0.25) is 5.91 Å². The summed E-state index contributed by atoms with van der Waals surface area (Å²) in [4.78, 5) is 13.4. The van der Waals surface area contributed by atoms with Crippen LogP contribution in [0, 0.1) is 0 Å². The van der Waals surface area contributed by atoms with Crippen LogP contribution in [-0.4, -0.2) is 42.1 Å². The fourth-order valence-electron chi connectivity index (χ4n) is 1.32. The lowest BCUT2D eigenvalue weighted by Crippen LogP contribution is -2.38. The summed E-state index contributed by atoms with van der Waals surface area (Å²) < 4.78 is 0. The van der Waals surface area contributed by atoms with Gasteiger partial charge in [0.15, 0.2) is 5.11 Å². The number of rotatable bonds is 7. The summed E-state index contributed by atoms with van der Waals surface area (Å²) in [5.74, 6) is 0.177. The third-order valence-electron chi connectivity index (χ3n) is 2.28. The van der Waals surface area contributed by atoms with Crippen molar-refractivity contribution < 1.29 is 4.79 Å². The van der Waals surface area contributed by atoms with Gasteiger partial charge in [-0.1, -0.05) is 6.92 Å². The van der Waals surface area contributed by atoms with E-state index in [2.05, 4.69) is 17.6 Å². The molecule has 0 aromatic rings. The average Bonchev–Trinajstić information content (AvgIpc) is 2.28. The summed E-state index contributed by atoms with van der Waals surface area (Å²) in [6.07, 6.45) is 1.54. The fourth-order valence-corrected chi connectivity index (χ4v) is 1.52. The Morgan fingerprint density at radius 2 is 1.69 bits per heavy atom. The van der Waals surface area contributed by atoms with Gasteiger partial charge >= 0.3 is 0 Å². The van der Waals surface area contributed by atoms with Crippen molar-refractivity contribution in [3.8, 4) is 0 Å². The van der Waals surface area contributed by atoms with Crippen LogP contribution in [-0.2, 0) is 4.79 Å². The first-order chi connectivity index (χ1) is 7.65. The van der Waals surface area contributed by atoms with Crippen LogP contribution < -0.4 is 10.6 Å². The van der Waals surface area contributed by atoms with Crippen LogP contribution in [0.25, 0.3) is 0 Å². The van der Waals surface area contributed by atoms with E-state index in [1.165, 1.54) is 0 Å². The zero-order chi connectivity index (χ0) is 12.4. The lowest BCUT2D eigenvalue weighted by Gasteiger charge is -2.18. The molecule has 0 aliphatic carbocycles.